The van der Waals surface area contributed by atoms with E-state index in [2.05, 4.69) is 17.1 Å². The Morgan fingerprint density at radius 1 is 1.39 bits per heavy atom. The number of nitrogens with one attached hydrogen (secondary N) is 1. The summed E-state index contributed by atoms with van der Waals surface area (Å²) in [6.07, 6.45) is 0. The number of morpholine rings is 1. The van der Waals surface area contributed by atoms with E-state index in [0.29, 0.717) is 6.04 Å². The molecule has 0 spiro atoms. The van der Waals surface area contributed by atoms with Crippen LogP contribution in [-0.4, -0.2) is 43.8 Å². The van der Waals surface area contributed by atoms with Crippen LogP contribution in [0.1, 0.15) is 12.5 Å². The number of benzene rings is 1. The summed E-state index contributed by atoms with van der Waals surface area (Å²) in [6, 6.07) is 6.49. The fourth-order valence-corrected chi connectivity index (χ4v) is 2.29. The highest BCUT2D eigenvalue weighted by molar-refractivity contribution is 5.69. The summed E-state index contributed by atoms with van der Waals surface area (Å²) in [5.74, 6) is 0. The van der Waals surface area contributed by atoms with Crippen molar-refractivity contribution in [3.8, 4) is 0 Å². The van der Waals surface area contributed by atoms with Gasteiger partial charge in [0.1, 0.15) is 0 Å². The Hall–Kier alpha value is -1.26. The molecule has 0 amide bonds. The predicted molar refractivity (Wildman–Crippen MR) is 75.9 cm³/mol. The van der Waals surface area contributed by atoms with Crippen LogP contribution in [0.15, 0.2) is 18.2 Å². The second kappa shape index (κ2) is 6.07. The second-order valence-corrected chi connectivity index (χ2v) is 4.99. The average molecular weight is 249 g/mol. The van der Waals surface area contributed by atoms with Gasteiger partial charge in [-0.15, -0.1) is 0 Å². The zero-order valence-electron chi connectivity index (χ0n) is 11.3. The van der Waals surface area contributed by atoms with Crippen molar-refractivity contribution in [3.05, 3.63) is 23.8 Å². The van der Waals surface area contributed by atoms with Gasteiger partial charge in [-0.1, -0.05) is 12.1 Å². The molecule has 1 aliphatic rings. The van der Waals surface area contributed by atoms with Crippen LogP contribution in [0, 0.1) is 6.92 Å². The van der Waals surface area contributed by atoms with Gasteiger partial charge in [-0.25, -0.2) is 0 Å². The largest absolute Gasteiger partial charge is 0.397 e. The number of aryl methyl sites for hydroxylation is 1. The lowest BCUT2D eigenvalue weighted by molar-refractivity contribution is 0.0368. The first-order valence-electron chi connectivity index (χ1n) is 6.58. The summed E-state index contributed by atoms with van der Waals surface area (Å²) in [5, 5.41) is 3.49. The van der Waals surface area contributed by atoms with Crippen molar-refractivity contribution in [1.29, 1.82) is 0 Å². The number of ether oxygens (including phenoxy) is 1. The quantitative estimate of drug-likeness (QED) is 0.798. The molecule has 0 saturated carbocycles. The Kier molecular flexibility index (Phi) is 4.44. The fraction of sp³-hybridized carbons (Fsp3) is 0.571. The van der Waals surface area contributed by atoms with Crippen LogP contribution < -0.4 is 11.1 Å². The molecular weight excluding hydrogens is 226 g/mol. The van der Waals surface area contributed by atoms with E-state index in [4.69, 9.17) is 10.5 Å². The third-order valence-electron chi connectivity index (χ3n) is 3.36. The summed E-state index contributed by atoms with van der Waals surface area (Å²) in [7, 11) is 0. The van der Waals surface area contributed by atoms with Crippen molar-refractivity contribution in [2.75, 3.05) is 43.9 Å². The highest BCUT2D eigenvalue weighted by atomic mass is 16.5. The molecule has 1 saturated heterocycles. The van der Waals surface area contributed by atoms with Crippen LogP contribution in [0.5, 0.6) is 0 Å². The zero-order chi connectivity index (χ0) is 13.0. The molecule has 1 aliphatic heterocycles. The lowest BCUT2D eigenvalue weighted by Gasteiger charge is -2.30. The molecule has 0 radical (unpaired) electrons. The molecule has 4 nitrogen and oxygen atoms in total. The zero-order valence-corrected chi connectivity index (χ0v) is 11.3. The van der Waals surface area contributed by atoms with Crippen LogP contribution >= 0.6 is 0 Å². The van der Waals surface area contributed by atoms with Crippen LogP contribution in [0.4, 0.5) is 11.4 Å². The molecule has 1 heterocycles. The molecule has 0 bridgehead atoms. The van der Waals surface area contributed by atoms with E-state index in [-0.39, 0.29) is 0 Å². The van der Waals surface area contributed by atoms with Crippen LogP contribution in [0.2, 0.25) is 0 Å². The molecule has 100 valence electrons. The van der Waals surface area contributed by atoms with Gasteiger partial charge in [0.15, 0.2) is 0 Å². The molecular formula is C14H23N3O. The Labute approximate surface area is 109 Å². The molecule has 0 aromatic heterocycles. The third kappa shape index (κ3) is 3.37. The van der Waals surface area contributed by atoms with Gasteiger partial charge in [0.2, 0.25) is 0 Å². The van der Waals surface area contributed by atoms with Crippen molar-refractivity contribution in [3.63, 3.8) is 0 Å². The standard InChI is InChI=1S/C14H23N3O/c1-11-4-3-5-13(14(11)15)16-12(2)10-17-6-8-18-9-7-17/h3-5,12,16H,6-10,15H2,1-2H3. The van der Waals surface area contributed by atoms with E-state index in [1.165, 1.54) is 0 Å². The minimum Gasteiger partial charge on any atom is -0.397 e. The predicted octanol–water partition coefficient (Wildman–Crippen LogP) is 1.71. The summed E-state index contributed by atoms with van der Waals surface area (Å²) in [6.45, 7) is 8.99. The van der Waals surface area contributed by atoms with Gasteiger partial charge in [-0.2, -0.15) is 0 Å². The number of hydrogen-bond donors (Lipinski definition) is 2. The third-order valence-corrected chi connectivity index (χ3v) is 3.36. The normalized spacial score (nSPS) is 18.6. The van der Waals surface area contributed by atoms with E-state index >= 15 is 0 Å². The molecule has 1 fully saturated rings. The van der Waals surface area contributed by atoms with Gasteiger partial charge >= 0.3 is 0 Å². The lowest BCUT2D eigenvalue weighted by Crippen LogP contribution is -2.42. The fourth-order valence-electron chi connectivity index (χ4n) is 2.29. The van der Waals surface area contributed by atoms with Gasteiger partial charge < -0.3 is 15.8 Å². The maximum Gasteiger partial charge on any atom is 0.0594 e. The van der Waals surface area contributed by atoms with Gasteiger partial charge in [0.25, 0.3) is 0 Å². The Balaban J connectivity index is 1.90. The monoisotopic (exact) mass is 249 g/mol. The van der Waals surface area contributed by atoms with Crippen molar-refractivity contribution in [1.82, 2.24) is 4.90 Å². The Bertz CT molecular complexity index is 389. The van der Waals surface area contributed by atoms with E-state index in [0.717, 1.165) is 49.8 Å². The molecule has 0 aliphatic carbocycles. The smallest absolute Gasteiger partial charge is 0.0594 e. The lowest BCUT2D eigenvalue weighted by atomic mass is 10.1. The molecule has 3 N–H and O–H groups in total. The minimum atomic E-state index is 0.382. The highest BCUT2D eigenvalue weighted by Gasteiger charge is 2.14. The molecule has 1 aromatic carbocycles. The maximum atomic E-state index is 6.07. The molecule has 4 heteroatoms. The van der Waals surface area contributed by atoms with Gasteiger partial charge in [-0.05, 0) is 25.5 Å². The summed E-state index contributed by atoms with van der Waals surface area (Å²) >= 11 is 0. The molecule has 1 aromatic rings. The molecule has 1 atom stereocenters. The van der Waals surface area contributed by atoms with Gasteiger partial charge in [0, 0.05) is 25.7 Å². The number of nitrogens with zero attached hydrogens (tertiary/aromatic N) is 1. The number of nitrogen functional groups attached to an aromatic ring is 1. The summed E-state index contributed by atoms with van der Waals surface area (Å²) < 4.78 is 5.35. The van der Waals surface area contributed by atoms with E-state index in [9.17, 15) is 0 Å². The van der Waals surface area contributed by atoms with Crippen LogP contribution in [0.25, 0.3) is 0 Å². The van der Waals surface area contributed by atoms with Crippen molar-refractivity contribution >= 4 is 11.4 Å². The molecule has 1 unspecified atom stereocenters. The number of rotatable bonds is 4. The number of nitrogens with two attached hydrogens (primary N) is 1. The summed E-state index contributed by atoms with van der Waals surface area (Å²) in [5.41, 5.74) is 9.08. The van der Waals surface area contributed by atoms with Crippen molar-refractivity contribution < 1.29 is 4.74 Å². The first kappa shape index (κ1) is 13.2. The Morgan fingerprint density at radius 3 is 2.83 bits per heavy atom. The average Bonchev–Trinajstić information content (AvgIpc) is 2.36. The van der Waals surface area contributed by atoms with Crippen molar-refractivity contribution in [2.45, 2.75) is 19.9 Å². The van der Waals surface area contributed by atoms with E-state index < -0.39 is 0 Å². The number of hydrogen-bond acceptors (Lipinski definition) is 4. The van der Waals surface area contributed by atoms with E-state index in [1.807, 2.05) is 25.1 Å². The number of para-hydroxylation sites is 1. The number of anilines is 2. The van der Waals surface area contributed by atoms with Crippen LogP contribution in [-0.2, 0) is 4.74 Å². The van der Waals surface area contributed by atoms with Crippen molar-refractivity contribution in [2.24, 2.45) is 0 Å². The first-order chi connectivity index (χ1) is 8.66. The topological polar surface area (TPSA) is 50.5 Å². The highest BCUT2D eigenvalue weighted by Crippen LogP contribution is 2.22. The van der Waals surface area contributed by atoms with Crippen LogP contribution in [0.3, 0.4) is 0 Å². The van der Waals surface area contributed by atoms with Gasteiger partial charge in [-0.3, -0.25) is 4.90 Å². The summed E-state index contributed by atoms with van der Waals surface area (Å²) in [4.78, 5) is 2.42. The first-order valence-corrected chi connectivity index (χ1v) is 6.58. The minimum absolute atomic E-state index is 0.382. The van der Waals surface area contributed by atoms with Gasteiger partial charge in [0.05, 0.1) is 24.6 Å². The molecule has 18 heavy (non-hydrogen) atoms. The Morgan fingerprint density at radius 2 is 2.11 bits per heavy atom. The van der Waals surface area contributed by atoms with E-state index in [1.54, 1.807) is 0 Å². The molecule has 2 rings (SSSR count). The maximum absolute atomic E-state index is 6.07. The SMILES string of the molecule is Cc1cccc(NC(C)CN2CCOCC2)c1N. The second-order valence-electron chi connectivity index (χ2n) is 4.99.